The van der Waals surface area contributed by atoms with E-state index in [4.69, 9.17) is 9.47 Å². The van der Waals surface area contributed by atoms with Crippen LogP contribution < -0.4 is 10.1 Å². The van der Waals surface area contributed by atoms with Gasteiger partial charge in [0.25, 0.3) is 5.91 Å². The van der Waals surface area contributed by atoms with Crippen LogP contribution in [-0.2, 0) is 19.6 Å². The number of amides is 1. The SMILES string of the molecule is O=C1COc2ccc(C(=O)COC(=O)c3cccc(S(=O)(=O)N4CCCC4)c3)cc2N1. The highest BCUT2D eigenvalue weighted by molar-refractivity contribution is 7.89. The summed E-state index contributed by atoms with van der Waals surface area (Å²) in [5.41, 5.74) is 0.648. The molecule has 2 aromatic rings. The predicted octanol–water partition coefficient (Wildman–Crippen LogP) is 1.84. The lowest BCUT2D eigenvalue weighted by molar-refractivity contribution is -0.118. The lowest BCUT2D eigenvalue weighted by Crippen LogP contribution is -2.28. The summed E-state index contributed by atoms with van der Waals surface area (Å²) in [4.78, 5) is 36.3. The van der Waals surface area contributed by atoms with Crippen molar-refractivity contribution in [2.45, 2.75) is 17.7 Å². The number of rotatable bonds is 6. The fraction of sp³-hybridized carbons (Fsp3) is 0.286. The summed E-state index contributed by atoms with van der Waals surface area (Å²) in [6, 6.07) is 10.1. The Hall–Kier alpha value is -3.24. The van der Waals surface area contributed by atoms with Crippen LogP contribution in [0.4, 0.5) is 5.69 Å². The van der Waals surface area contributed by atoms with Crippen LogP contribution in [0.25, 0.3) is 0 Å². The minimum atomic E-state index is -3.67. The molecule has 2 aliphatic heterocycles. The third-order valence-electron chi connectivity index (χ3n) is 5.04. The van der Waals surface area contributed by atoms with E-state index in [-0.39, 0.29) is 28.5 Å². The van der Waals surface area contributed by atoms with E-state index in [1.165, 1.54) is 40.7 Å². The molecule has 0 atom stereocenters. The lowest BCUT2D eigenvalue weighted by atomic mass is 10.1. The number of carbonyl (C=O) groups is 3. The summed E-state index contributed by atoms with van der Waals surface area (Å²) in [6.07, 6.45) is 1.61. The number of sulfonamides is 1. The number of carbonyl (C=O) groups excluding carboxylic acids is 3. The Morgan fingerprint density at radius 2 is 1.84 bits per heavy atom. The van der Waals surface area contributed by atoms with Gasteiger partial charge in [0.2, 0.25) is 10.0 Å². The average Bonchev–Trinajstić information content (AvgIpc) is 3.32. The number of nitrogens with one attached hydrogen (secondary N) is 1. The average molecular weight is 444 g/mol. The van der Waals surface area contributed by atoms with Gasteiger partial charge in [0.05, 0.1) is 16.1 Å². The van der Waals surface area contributed by atoms with Crippen molar-refractivity contribution < 1.29 is 32.3 Å². The highest BCUT2D eigenvalue weighted by Gasteiger charge is 2.28. The molecule has 2 heterocycles. The monoisotopic (exact) mass is 444 g/mol. The number of nitrogens with zero attached hydrogens (tertiary/aromatic N) is 1. The second-order valence-electron chi connectivity index (χ2n) is 7.19. The molecule has 4 rings (SSSR count). The fourth-order valence-electron chi connectivity index (χ4n) is 3.42. The van der Waals surface area contributed by atoms with Crippen LogP contribution >= 0.6 is 0 Å². The highest BCUT2D eigenvalue weighted by Crippen LogP contribution is 2.28. The number of esters is 1. The Bertz CT molecular complexity index is 1150. The van der Waals surface area contributed by atoms with E-state index in [1.54, 1.807) is 6.07 Å². The van der Waals surface area contributed by atoms with Gasteiger partial charge in [-0.1, -0.05) is 6.07 Å². The molecule has 0 aliphatic carbocycles. The second-order valence-corrected chi connectivity index (χ2v) is 9.12. The van der Waals surface area contributed by atoms with Gasteiger partial charge in [-0.25, -0.2) is 13.2 Å². The van der Waals surface area contributed by atoms with Gasteiger partial charge in [-0.3, -0.25) is 9.59 Å². The molecule has 0 bridgehead atoms. The van der Waals surface area contributed by atoms with E-state index in [0.717, 1.165) is 12.8 Å². The molecule has 31 heavy (non-hydrogen) atoms. The number of Topliss-reactive ketones (excluding diaryl/α,β-unsaturated/α-hetero) is 1. The van der Waals surface area contributed by atoms with Crippen molar-refractivity contribution in [3.05, 3.63) is 53.6 Å². The number of hydrogen-bond acceptors (Lipinski definition) is 7. The molecule has 0 saturated carbocycles. The van der Waals surface area contributed by atoms with Gasteiger partial charge >= 0.3 is 5.97 Å². The van der Waals surface area contributed by atoms with E-state index >= 15 is 0 Å². The molecule has 0 radical (unpaired) electrons. The number of ether oxygens (including phenoxy) is 2. The van der Waals surface area contributed by atoms with Crippen molar-refractivity contribution in [1.82, 2.24) is 4.31 Å². The molecule has 9 nitrogen and oxygen atoms in total. The summed E-state index contributed by atoms with van der Waals surface area (Å²) >= 11 is 0. The Kier molecular flexibility index (Phi) is 5.75. The summed E-state index contributed by atoms with van der Waals surface area (Å²) in [5.74, 6) is -1.16. The first kappa shape index (κ1) is 21.0. The zero-order valence-electron chi connectivity index (χ0n) is 16.5. The Morgan fingerprint density at radius 1 is 1.06 bits per heavy atom. The molecule has 162 valence electrons. The Balaban J connectivity index is 1.43. The number of benzene rings is 2. The molecule has 1 saturated heterocycles. The van der Waals surface area contributed by atoms with Gasteiger partial charge in [-0.05, 0) is 49.2 Å². The summed E-state index contributed by atoms with van der Waals surface area (Å²) < 4.78 is 37.1. The van der Waals surface area contributed by atoms with Crippen LogP contribution in [0.5, 0.6) is 5.75 Å². The van der Waals surface area contributed by atoms with Gasteiger partial charge < -0.3 is 14.8 Å². The van der Waals surface area contributed by atoms with Crippen LogP contribution in [0.3, 0.4) is 0 Å². The maximum atomic E-state index is 12.7. The number of ketones is 1. The maximum Gasteiger partial charge on any atom is 0.338 e. The van der Waals surface area contributed by atoms with Crippen molar-refractivity contribution in [1.29, 1.82) is 0 Å². The molecule has 1 fully saturated rings. The van der Waals surface area contributed by atoms with Gasteiger partial charge in [0.1, 0.15) is 5.75 Å². The highest BCUT2D eigenvalue weighted by atomic mass is 32.2. The maximum absolute atomic E-state index is 12.7. The molecule has 0 spiro atoms. The van der Waals surface area contributed by atoms with E-state index in [1.807, 2.05) is 0 Å². The molecule has 2 aromatic carbocycles. The fourth-order valence-corrected chi connectivity index (χ4v) is 4.98. The first-order chi connectivity index (χ1) is 14.8. The standard InChI is InChI=1S/C21H20N2O7S/c24-18(14-6-7-19-17(11-14)22-20(25)13-29-19)12-30-21(26)15-4-3-5-16(10-15)31(27,28)23-8-1-2-9-23/h3-7,10-11H,1-2,8-9,12-13H2,(H,22,25). The largest absolute Gasteiger partial charge is 0.482 e. The van der Waals surface area contributed by atoms with Crippen LogP contribution in [0, 0.1) is 0 Å². The normalized spacial score (nSPS) is 16.2. The van der Waals surface area contributed by atoms with Gasteiger partial charge in [-0.15, -0.1) is 0 Å². The second kappa shape index (κ2) is 8.48. The zero-order chi connectivity index (χ0) is 22.0. The molecule has 0 unspecified atom stereocenters. The quantitative estimate of drug-likeness (QED) is 0.533. The van der Waals surface area contributed by atoms with E-state index < -0.39 is 28.4 Å². The smallest absolute Gasteiger partial charge is 0.338 e. The summed E-state index contributed by atoms with van der Waals surface area (Å²) in [5, 5.41) is 2.60. The van der Waals surface area contributed by atoms with Crippen molar-refractivity contribution in [2.24, 2.45) is 0 Å². The third kappa shape index (κ3) is 4.44. The van der Waals surface area contributed by atoms with E-state index in [2.05, 4.69) is 5.32 Å². The summed E-state index contributed by atoms with van der Waals surface area (Å²) in [7, 11) is -3.67. The van der Waals surface area contributed by atoms with Crippen LogP contribution in [0.2, 0.25) is 0 Å². The number of hydrogen-bond donors (Lipinski definition) is 1. The first-order valence-corrected chi connectivity index (χ1v) is 11.2. The van der Waals surface area contributed by atoms with Crippen LogP contribution in [0.15, 0.2) is 47.4 Å². The minimum absolute atomic E-state index is 0.0144. The Morgan fingerprint density at radius 3 is 2.61 bits per heavy atom. The zero-order valence-corrected chi connectivity index (χ0v) is 17.3. The number of fused-ring (bicyclic) bond motifs is 1. The van der Waals surface area contributed by atoms with Gasteiger partial charge in [-0.2, -0.15) is 4.31 Å². The molecule has 1 N–H and O–H groups in total. The van der Waals surface area contributed by atoms with Crippen LogP contribution in [0.1, 0.15) is 33.6 Å². The molecule has 2 aliphatic rings. The van der Waals surface area contributed by atoms with Crippen molar-refractivity contribution in [2.75, 3.05) is 31.6 Å². The summed E-state index contributed by atoms with van der Waals surface area (Å²) in [6.45, 7) is 0.287. The minimum Gasteiger partial charge on any atom is -0.482 e. The first-order valence-electron chi connectivity index (χ1n) is 9.72. The van der Waals surface area contributed by atoms with Gasteiger partial charge in [0.15, 0.2) is 19.0 Å². The molecule has 0 aromatic heterocycles. The number of anilines is 1. The van der Waals surface area contributed by atoms with Gasteiger partial charge in [0, 0.05) is 18.7 Å². The molecule has 10 heteroatoms. The molecular formula is C21H20N2O7S. The Labute approximate surface area is 179 Å². The predicted molar refractivity (Wildman–Crippen MR) is 110 cm³/mol. The topological polar surface area (TPSA) is 119 Å². The van der Waals surface area contributed by atoms with Crippen molar-refractivity contribution in [3.63, 3.8) is 0 Å². The third-order valence-corrected chi connectivity index (χ3v) is 6.94. The van der Waals surface area contributed by atoms with Crippen molar-refractivity contribution in [3.8, 4) is 5.75 Å². The molecule has 1 amide bonds. The molecular weight excluding hydrogens is 424 g/mol. The van der Waals surface area contributed by atoms with E-state index in [0.29, 0.717) is 24.5 Å². The lowest BCUT2D eigenvalue weighted by Gasteiger charge is -2.18. The van der Waals surface area contributed by atoms with E-state index in [9.17, 15) is 22.8 Å². The van der Waals surface area contributed by atoms with Crippen molar-refractivity contribution >= 4 is 33.4 Å². The van der Waals surface area contributed by atoms with Crippen LogP contribution in [-0.4, -0.2) is 56.7 Å².